The van der Waals surface area contributed by atoms with Crippen molar-refractivity contribution in [2.45, 2.75) is 39.5 Å². The number of rotatable bonds is 2. The van der Waals surface area contributed by atoms with E-state index in [1.807, 2.05) is 11.7 Å². The summed E-state index contributed by atoms with van der Waals surface area (Å²) in [6.07, 6.45) is 0. The molecule has 2 heterocycles. The molecule has 2 rings (SSSR count). The fourth-order valence-corrected chi connectivity index (χ4v) is 1.92. The monoisotopic (exact) mass is 306 g/mol. The first-order chi connectivity index (χ1) is 7.50. The van der Waals surface area contributed by atoms with Crippen LogP contribution >= 0.6 is 0 Å². The van der Waals surface area contributed by atoms with Gasteiger partial charge in [0.25, 0.3) is 0 Å². The van der Waals surface area contributed by atoms with E-state index in [0.29, 0.717) is 11.8 Å². The first-order valence-electron chi connectivity index (χ1n) is 5.84. The third-order valence-electron chi connectivity index (χ3n) is 2.88. The average Bonchev–Trinajstić information content (AvgIpc) is 2.56. The average molecular weight is 306 g/mol. The Labute approximate surface area is 128 Å². The molecule has 1 radical (unpaired) electrons. The molecule has 0 atom stereocenters. The van der Waals surface area contributed by atoms with Crippen LogP contribution < -0.4 is 0 Å². The van der Waals surface area contributed by atoms with E-state index in [4.69, 9.17) is 0 Å². The van der Waals surface area contributed by atoms with Crippen LogP contribution in [-0.4, -0.2) is 14.8 Å². The molecule has 0 aliphatic carbocycles. The van der Waals surface area contributed by atoms with Crippen LogP contribution in [0.1, 0.15) is 50.9 Å². The third kappa shape index (κ3) is 2.77. The third-order valence-corrected chi connectivity index (χ3v) is 2.88. The van der Waals surface area contributed by atoms with Crippen molar-refractivity contribution in [3.63, 3.8) is 0 Å². The van der Waals surface area contributed by atoms with E-state index in [-0.39, 0.29) is 32.7 Å². The summed E-state index contributed by atoms with van der Waals surface area (Å²) in [5.74, 6) is 0.900. The van der Waals surface area contributed by atoms with Gasteiger partial charge in [-0.1, -0.05) is 27.7 Å². The topological polar surface area (TPSA) is 30.7 Å². The van der Waals surface area contributed by atoms with Crippen LogP contribution in [0.15, 0.2) is 12.1 Å². The molecule has 17 heavy (non-hydrogen) atoms. The maximum atomic E-state index is 4.68. The first kappa shape index (κ1) is 14.8. The van der Waals surface area contributed by atoms with Gasteiger partial charge in [-0.05, 0) is 24.0 Å². The van der Waals surface area contributed by atoms with Gasteiger partial charge in [0.15, 0.2) is 5.65 Å². The van der Waals surface area contributed by atoms with E-state index in [1.54, 1.807) is 0 Å². The Morgan fingerprint density at radius 2 is 1.71 bits per heavy atom. The van der Waals surface area contributed by atoms with Crippen LogP contribution in [0.5, 0.6) is 0 Å². The van der Waals surface area contributed by atoms with Gasteiger partial charge in [0.2, 0.25) is 0 Å². The molecule has 0 aromatic carbocycles. The molecule has 2 aromatic rings. The maximum absolute atomic E-state index is 4.68. The van der Waals surface area contributed by atoms with Gasteiger partial charge in [-0.2, -0.15) is 5.10 Å². The van der Waals surface area contributed by atoms with Crippen molar-refractivity contribution in [3.8, 4) is 0 Å². The van der Waals surface area contributed by atoms with Gasteiger partial charge in [-0.3, -0.25) is 4.68 Å². The van der Waals surface area contributed by atoms with Crippen molar-refractivity contribution in [3.05, 3.63) is 23.5 Å². The van der Waals surface area contributed by atoms with Gasteiger partial charge in [0, 0.05) is 50.8 Å². The van der Waals surface area contributed by atoms with Crippen molar-refractivity contribution in [1.29, 1.82) is 0 Å². The molecule has 0 bridgehead atoms. The molecule has 3 nitrogen and oxygen atoms in total. The van der Waals surface area contributed by atoms with Crippen LogP contribution in [0.4, 0.5) is 0 Å². The van der Waals surface area contributed by atoms with Crippen LogP contribution in [0.2, 0.25) is 0 Å². The Balaban J connectivity index is 0.00000144. The van der Waals surface area contributed by atoms with Gasteiger partial charge in [-0.25, -0.2) is 4.98 Å². The van der Waals surface area contributed by atoms with Gasteiger partial charge in [0.05, 0.1) is 5.69 Å². The molecule has 0 unspecified atom stereocenters. The minimum Gasteiger partial charge on any atom is -0.250 e. The number of aromatic nitrogens is 3. The van der Waals surface area contributed by atoms with E-state index < -0.39 is 0 Å². The maximum Gasteiger partial charge on any atom is 0.158 e. The molecule has 0 spiro atoms. The zero-order valence-electron chi connectivity index (χ0n) is 11.2. The molecule has 0 N–H and O–H groups in total. The first-order valence-corrected chi connectivity index (χ1v) is 5.84. The van der Waals surface area contributed by atoms with E-state index in [1.165, 1.54) is 5.39 Å². The molecule has 0 aliphatic heterocycles. The minimum atomic E-state index is 0. The predicted molar refractivity (Wildman–Crippen MR) is 66.7 cm³/mol. The Bertz CT molecular complexity index is 515. The fourth-order valence-electron chi connectivity index (χ4n) is 1.92. The molecule has 0 saturated carbocycles. The molecule has 2 aromatic heterocycles. The van der Waals surface area contributed by atoms with Crippen LogP contribution in [0, 0.1) is 0 Å². The quantitative estimate of drug-likeness (QED) is 0.853. The Morgan fingerprint density at radius 1 is 1.06 bits per heavy atom. The van der Waals surface area contributed by atoms with Crippen LogP contribution in [-0.2, 0) is 39.8 Å². The van der Waals surface area contributed by atoms with Crippen molar-refractivity contribution in [1.82, 2.24) is 14.8 Å². The smallest absolute Gasteiger partial charge is 0.158 e. The summed E-state index contributed by atoms with van der Waals surface area (Å²) >= 11 is 0. The molecule has 0 fully saturated rings. The van der Waals surface area contributed by atoms with Crippen molar-refractivity contribution >= 4 is 11.0 Å². The molecule has 89 valence electrons. The second kappa shape index (κ2) is 5.58. The summed E-state index contributed by atoms with van der Waals surface area (Å²) in [6.45, 7) is 8.65. The number of fused-ring (bicyclic) bond motifs is 1. The molecule has 4 heteroatoms. The standard InChI is InChI=1S/C13H19N3.Y/c1-8(2)11-7-6-10-12(9(3)4)15-16(5)13(10)14-11;/h6-9H,1-5H3;. The summed E-state index contributed by atoms with van der Waals surface area (Å²) < 4.78 is 1.89. The van der Waals surface area contributed by atoms with Gasteiger partial charge < -0.3 is 0 Å². The van der Waals surface area contributed by atoms with E-state index >= 15 is 0 Å². The number of hydrogen-bond donors (Lipinski definition) is 0. The SMILES string of the molecule is CC(C)c1ccc2c(C(C)C)nn(C)c2n1.[Y]. The molecular weight excluding hydrogens is 287 g/mol. The number of pyridine rings is 1. The van der Waals surface area contributed by atoms with Crippen molar-refractivity contribution in [2.75, 3.05) is 0 Å². The fraction of sp³-hybridized carbons (Fsp3) is 0.538. The summed E-state index contributed by atoms with van der Waals surface area (Å²) in [5, 5.41) is 5.73. The zero-order chi connectivity index (χ0) is 11.9. The summed E-state index contributed by atoms with van der Waals surface area (Å²) in [7, 11) is 1.96. The second-order valence-corrected chi connectivity index (χ2v) is 4.93. The zero-order valence-corrected chi connectivity index (χ0v) is 14.1. The van der Waals surface area contributed by atoms with Crippen molar-refractivity contribution in [2.24, 2.45) is 7.05 Å². The largest absolute Gasteiger partial charge is 0.250 e. The van der Waals surface area contributed by atoms with Gasteiger partial charge >= 0.3 is 0 Å². The van der Waals surface area contributed by atoms with E-state index in [0.717, 1.165) is 17.0 Å². The minimum absolute atomic E-state index is 0. The molecule has 0 aliphatic rings. The summed E-state index contributed by atoms with van der Waals surface area (Å²) in [4.78, 5) is 4.68. The Kier molecular flexibility index (Phi) is 4.85. The Hall–Kier alpha value is -0.276. The van der Waals surface area contributed by atoms with E-state index in [9.17, 15) is 0 Å². The number of hydrogen-bond acceptors (Lipinski definition) is 2. The summed E-state index contributed by atoms with van der Waals surface area (Å²) in [5.41, 5.74) is 3.26. The normalized spacial score (nSPS) is 11.2. The molecule has 0 amide bonds. The van der Waals surface area contributed by atoms with E-state index in [2.05, 4.69) is 49.9 Å². The van der Waals surface area contributed by atoms with Crippen molar-refractivity contribution < 1.29 is 32.7 Å². The van der Waals surface area contributed by atoms with Crippen LogP contribution in [0.3, 0.4) is 0 Å². The van der Waals surface area contributed by atoms with Gasteiger partial charge in [0.1, 0.15) is 0 Å². The number of aryl methyl sites for hydroxylation is 1. The van der Waals surface area contributed by atoms with Gasteiger partial charge in [-0.15, -0.1) is 0 Å². The summed E-state index contributed by atoms with van der Waals surface area (Å²) in [6, 6.07) is 4.26. The Morgan fingerprint density at radius 3 is 2.24 bits per heavy atom. The molecular formula is C13H19N3Y. The second-order valence-electron chi connectivity index (χ2n) is 4.93. The van der Waals surface area contributed by atoms with Crippen LogP contribution in [0.25, 0.3) is 11.0 Å². The predicted octanol–water partition coefficient (Wildman–Crippen LogP) is 3.21. The number of nitrogens with zero attached hydrogens (tertiary/aromatic N) is 3. The molecule has 0 saturated heterocycles.